The molecule has 0 fully saturated rings. The zero-order chi connectivity index (χ0) is 16.8. The van der Waals surface area contributed by atoms with Crippen molar-refractivity contribution in [1.29, 1.82) is 0 Å². The summed E-state index contributed by atoms with van der Waals surface area (Å²) in [6.45, 7) is 0. The fourth-order valence-electron chi connectivity index (χ4n) is 2.46. The predicted molar refractivity (Wildman–Crippen MR) is 96.6 cm³/mol. The fraction of sp³-hybridized carbons (Fsp3) is 0.158. The molecule has 122 valence electrons. The van der Waals surface area contributed by atoms with Gasteiger partial charge in [0.1, 0.15) is 0 Å². The first-order valence-electron chi connectivity index (χ1n) is 7.85. The number of carbonyl (C=O) groups is 1. The first-order valence-corrected chi connectivity index (χ1v) is 8.23. The van der Waals surface area contributed by atoms with Gasteiger partial charge in [0.15, 0.2) is 0 Å². The van der Waals surface area contributed by atoms with E-state index in [0.29, 0.717) is 11.4 Å². The van der Waals surface area contributed by atoms with E-state index in [0.717, 1.165) is 24.2 Å². The van der Waals surface area contributed by atoms with Crippen LogP contribution in [-0.2, 0) is 11.2 Å². The van der Waals surface area contributed by atoms with Gasteiger partial charge in [-0.3, -0.25) is 4.79 Å². The van der Waals surface area contributed by atoms with E-state index in [-0.39, 0.29) is 5.91 Å². The molecule has 1 aromatic heterocycles. The highest BCUT2D eigenvalue weighted by molar-refractivity contribution is 6.30. The Labute approximate surface area is 146 Å². The highest BCUT2D eigenvalue weighted by Crippen LogP contribution is 2.15. The molecule has 0 saturated carbocycles. The lowest BCUT2D eigenvalue weighted by atomic mass is 10.1. The molecular formula is C19H18ClN3O. The van der Waals surface area contributed by atoms with Crippen LogP contribution in [-0.4, -0.2) is 15.7 Å². The highest BCUT2D eigenvalue weighted by Gasteiger charge is 2.04. The molecular weight excluding hydrogens is 322 g/mol. The Bertz CT molecular complexity index is 797. The first kappa shape index (κ1) is 16.3. The Balaban J connectivity index is 1.49. The molecule has 0 aliphatic rings. The molecule has 1 amide bonds. The van der Waals surface area contributed by atoms with Gasteiger partial charge in [-0.1, -0.05) is 41.9 Å². The second kappa shape index (κ2) is 7.79. The number of nitrogens with one attached hydrogen (secondary N) is 1. The maximum absolute atomic E-state index is 12.0. The zero-order valence-electron chi connectivity index (χ0n) is 13.2. The van der Waals surface area contributed by atoms with Gasteiger partial charge in [0, 0.05) is 18.3 Å². The molecule has 1 heterocycles. The minimum absolute atomic E-state index is 0.0285. The zero-order valence-corrected chi connectivity index (χ0v) is 13.9. The summed E-state index contributed by atoms with van der Waals surface area (Å²) in [7, 11) is 0. The van der Waals surface area contributed by atoms with Crippen molar-refractivity contribution < 1.29 is 4.79 Å². The molecule has 0 bridgehead atoms. The Morgan fingerprint density at radius 3 is 2.50 bits per heavy atom. The van der Waals surface area contributed by atoms with Gasteiger partial charge in [-0.25, -0.2) is 4.68 Å². The first-order chi connectivity index (χ1) is 11.7. The lowest BCUT2D eigenvalue weighted by molar-refractivity contribution is -0.116. The van der Waals surface area contributed by atoms with Crippen molar-refractivity contribution in [2.75, 3.05) is 5.32 Å². The number of hydrogen-bond acceptors (Lipinski definition) is 2. The van der Waals surface area contributed by atoms with Gasteiger partial charge in [-0.2, -0.15) is 5.10 Å². The summed E-state index contributed by atoms with van der Waals surface area (Å²) in [6.07, 6.45) is 5.57. The number of nitrogens with zero attached hydrogens (tertiary/aromatic N) is 2. The van der Waals surface area contributed by atoms with Crippen molar-refractivity contribution in [2.45, 2.75) is 19.3 Å². The average Bonchev–Trinajstić information content (AvgIpc) is 3.03. The van der Waals surface area contributed by atoms with E-state index >= 15 is 0 Å². The number of rotatable bonds is 6. The van der Waals surface area contributed by atoms with Crippen LogP contribution in [0.25, 0.3) is 5.69 Å². The summed E-state index contributed by atoms with van der Waals surface area (Å²) in [4.78, 5) is 12.0. The number of carbonyl (C=O) groups excluding carboxylic acids is 1. The van der Waals surface area contributed by atoms with E-state index in [1.54, 1.807) is 17.1 Å². The van der Waals surface area contributed by atoms with Crippen LogP contribution in [0.2, 0.25) is 5.02 Å². The molecule has 0 spiro atoms. The van der Waals surface area contributed by atoms with Crippen LogP contribution < -0.4 is 5.32 Å². The number of aromatic nitrogens is 2. The van der Waals surface area contributed by atoms with E-state index in [4.69, 9.17) is 11.6 Å². The minimum Gasteiger partial charge on any atom is -0.326 e. The molecule has 0 saturated heterocycles. The maximum Gasteiger partial charge on any atom is 0.224 e. The van der Waals surface area contributed by atoms with E-state index in [1.165, 1.54) is 5.56 Å². The number of halogens is 1. The third kappa shape index (κ3) is 4.46. The molecule has 1 N–H and O–H groups in total. The van der Waals surface area contributed by atoms with Gasteiger partial charge in [-0.15, -0.1) is 0 Å². The molecule has 0 radical (unpaired) electrons. The average molecular weight is 340 g/mol. The second-order valence-electron chi connectivity index (χ2n) is 5.54. The number of amides is 1. The van der Waals surface area contributed by atoms with Crippen LogP contribution in [0, 0.1) is 0 Å². The monoisotopic (exact) mass is 339 g/mol. The van der Waals surface area contributed by atoms with Gasteiger partial charge in [-0.05, 0) is 42.7 Å². The van der Waals surface area contributed by atoms with Crippen LogP contribution in [0.1, 0.15) is 18.4 Å². The number of hydrogen-bond donors (Lipinski definition) is 1. The molecule has 0 aliphatic heterocycles. The van der Waals surface area contributed by atoms with Crippen molar-refractivity contribution in [2.24, 2.45) is 0 Å². The SMILES string of the molecule is O=C(CCCc1ccccc1)Nc1ccc(-n2cc(Cl)cn2)cc1. The van der Waals surface area contributed by atoms with E-state index < -0.39 is 0 Å². The van der Waals surface area contributed by atoms with Gasteiger partial charge in [0.05, 0.1) is 16.9 Å². The Morgan fingerprint density at radius 1 is 1.08 bits per heavy atom. The van der Waals surface area contributed by atoms with Crippen molar-refractivity contribution in [3.63, 3.8) is 0 Å². The quantitative estimate of drug-likeness (QED) is 0.719. The smallest absolute Gasteiger partial charge is 0.224 e. The van der Waals surface area contributed by atoms with Crippen molar-refractivity contribution >= 4 is 23.2 Å². The van der Waals surface area contributed by atoms with Gasteiger partial charge in [0.25, 0.3) is 0 Å². The Hall–Kier alpha value is -2.59. The molecule has 2 aromatic carbocycles. The van der Waals surface area contributed by atoms with Crippen LogP contribution in [0.3, 0.4) is 0 Å². The summed E-state index contributed by atoms with van der Waals surface area (Å²) >= 11 is 5.86. The standard InChI is InChI=1S/C19H18ClN3O/c20-16-13-21-23(14-16)18-11-9-17(10-12-18)22-19(24)8-4-7-15-5-2-1-3-6-15/h1-3,5-6,9-14H,4,7-8H2,(H,22,24). The predicted octanol–water partition coefficient (Wildman–Crippen LogP) is 4.49. The van der Waals surface area contributed by atoms with E-state index in [2.05, 4.69) is 22.5 Å². The molecule has 5 heteroatoms. The lowest BCUT2D eigenvalue weighted by Gasteiger charge is -2.07. The summed E-state index contributed by atoms with van der Waals surface area (Å²) in [6, 6.07) is 17.7. The topological polar surface area (TPSA) is 46.9 Å². The number of benzene rings is 2. The van der Waals surface area contributed by atoms with E-state index in [9.17, 15) is 4.79 Å². The van der Waals surface area contributed by atoms with Crippen molar-refractivity contribution in [3.8, 4) is 5.69 Å². The normalized spacial score (nSPS) is 10.5. The lowest BCUT2D eigenvalue weighted by Crippen LogP contribution is -2.11. The summed E-state index contributed by atoms with van der Waals surface area (Å²) in [5, 5.41) is 7.65. The summed E-state index contributed by atoms with van der Waals surface area (Å²) in [5.41, 5.74) is 2.93. The minimum atomic E-state index is 0.0285. The Kier molecular flexibility index (Phi) is 5.29. The molecule has 4 nitrogen and oxygen atoms in total. The number of anilines is 1. The molecule has 0 atom stereocenters. The van der Waals surface area contributed by atoms with E-state index in [1.807, 2.05) is 42.5 Å². The largest absolute Gasteiger partial charge is 0.326 e. The summed E-state index contributed by atoms with van der Waals surface area (Å²) in [5.74, 6) is 0.0285. The van der Waals surface area contributed by atoms with Crippen LogP contribution >= 0.6 is 11.6 Å². The third-order valence-electron chi connectivity index (χ3n) is 3.68. The van der Waals surface area contributed by atoms with Gasteiger partial charge in [0.2, 0.25) is 5.91 Å². The third-order valence-corrected chi connectivity index (χ3v) is 3.87. The maximum atomic E-state index is 12.0. The molecule has 3 rings (SSSR count). The Morgan fingerprint density at radius 2 is 1.83 bits per heavy atom. The van der Waals surface area contributed by atoms with Gasteiger partial charge >= 0.3 is 0 Å². The number of aryl methyl sites for hydroxylation is 1. The van der Waals surface area contributed by atoms with Gasteiger partial charge < -0.3 is 5.32 Å². The molecule has 0 unspecified atom stereocenters. The van der Waals surface area contributed by atoms with Crippen LogP contribution in [0.4, 0.5) is 5.69 Å². The van der Waals surface area contributed by atoms with Crippen LogP contribution in [0.5, 0.6) is 0 Å². The summed E-state index contributed by atoms with van der Waals surface area (Å²) < 4.78 is 1.69. The van der Waals surface area contributed by atoms with Crippen molar-refractivity contribution in [1.82, 2.24) is 9.78 Å². The fourth-order valence-corrected chi connectivity index (χ4v) is 2.60. The van der Waals surface area contributed by atoms with Crippen molar-refractivity contribution in [3.05, 3.63) is 77.6 Å². The molecule has 24 heavy (non-hydrogen) atoms. The molecule has 3 aromatic rings. The molecule has 0 aliphatic carbocycles. The highest BCUT2D eigenvalue weighted by atomic mass is 35.5. The van der Waals surface area contributed by atoms with Crippen LogP contribution in [0.15, 0.2) is 67.0 Å². The second-order valence-corrected chi connectivity index (χ2v) is 5.97.